The lowest BCUT2D eigenvalue weighted by Gasteiger charge is -2.17. The molecule has 0 amide bonds. The molecule has 0 aliphatic rings. The summed E-state index contributed by atoms with van der Waals surface area (Å²) in [4.78, 5) is 0. The Morgan fingerprint density at radius 1 is 0.605 bits per heavy atom. The van der Waals surface area contributed by atoms with Gasteiger partial charge in [-0.2, -0.15) is 0 Å². The highest BCUT2D eigenvalue weighted by Crippen LogP contribution is 2.34. The second-order valence-corrected chi connectivity index (χ2v) is 9.32. The maximum atomic E-state index is 5.79. The molecule has 0 atom stereocenters. The fourth-order valence-electron chi connectivity index (χ4n) is 4.59. The maximum absolute atomic E-state index is 5.79. The molecule has 2 N–H and O–H groups in total. The summed E-state index contributed by atoms with van der Waals surface area (Å²) in [5.41, 5.74) is 5.15. The topological polar surface area (TPSA) is 51.8 Å². The van der Waals surface area contributed by atoms with Gasteiger partial charge in [0.05, 0.1) is 21.3 Å². The van der Waals surface area contributed by atoms with Crippen molar-refractivity contribution < 1.29 is 14.2 Å². The van der Waals surface area contributed by atoms with Gasteiger partial charge >= 0.3 is 0 Å². The van der Waals surface area contributed by atoms with Gasteiger partial charge in [-0.1, -0.05) is 60.7 Å². The first-order chi connectivity index (χ1) is 18.7. The van der Waals surface area contributed by atoms with Crippen LogP contribution in [-0.2, 0) is 25.7 Å². The number of hydrogen-bond donors (Lipinski definition) is 2. The molecule has 5 nitrogen and oxygen atoms in total. The molecule has 0 aliphatic heterocycles. The summed E-state index contributed by atoms with van der Waals surface area (Å²) >= 11 is 0. The summed E-state index contributed by atoms with van der Waals surface area (Å²) in [6, 6.07) is 23.1. The molecule has 0 aromatic heterocycles. The van der Waals surface area contributed by atoms with Gasteiger partial charge in [-0.25, -0.2) is 0 Å². The van der Waals surface area contributed by atoms with Crippen molar-refractivity contribution in [1.82, 2.24) is 10.6 Å². The smallest absolute Gasteiger partial charge is 0.164 e. The Hall–Kier alpha value is -3.28. The van der Waals surface area contributed by atoms with E-state index in [1.54, 1.807) is 21.3 Å². The molecule has 0 saturated heterocycles. The minimum atomic E-state index is 0.782. The van der Waals surface area contributed by atoms with Crippen LogP contribution in [0.15, 0.2) is 78.9 Å². The SMILES string of the molecule is COc1cccc(CCc2c(CCNCCC=CCCNCCc3ccccc3)ccc(OC)c2OC)c1. The summed E-state index contributed by atoms with van der Waals surface area (Å²) in [5, 5.41) is 7.11. The summed E-state index contributed by atoms with van der Waals surface area (Å²) in [6.07, 6.45) is 10.5. The first-order valence-electron chi connectivity index (χ1n) is 13.7. The number of ether oxygens (including phenoxy) is 3. The van der Waals surface area contributed by atoms with Gasteiger partial charge < -0.3 is 24.8 Å². The lowest BCUT2D eigenvalue weighted by molar-refractivity contribution is 0.351. The highest BCUT2D eigenvalue weighted by molar-refractivity contribution is 5.51. The van der Waals surface area contributed by atoms with Crippen LogP contribution in [0.4, 0.5) is 0 Å². The number of aryl methyl sites for hydroxylation is 1. The Morgan fingerprint density at radius 3 is 2.00 bits per heavy atom. The van der Waals surface area contributed by atoms with Crippen molar-refractivity contribution in [2.24, 2.45) is 0 Å². The monoisotopic (exact) mass is 516 g/mol. The second kappa shape index (κ2) is 17.3. The molecule has 3 aromatic carbocycles. The third-order valence-electron chi connectivity index (χ3n) is 6.69. The van der Waals surface area contributed by atoms with Crippen LogP contribution >= 0.6 is 0 Å². The van der Waals surface area contributed by atoms with Crippen LogP contribution in [0.5, 0.6) is 17.2 Å². The van der Waals surface area contributed by atoms with E-state index in [0.29, 0.717) is 0 Å². The van der Waals surface area contributed by atoms with Crippen molar-refractivity contribution >= 4 is 0 Å². The van der Waals surface area contributed by atoms with Gasteiger partial charge in [0, 0.05) is 5.56 Å². The van der Waals surface area contributed by atoms with E-state index in [9.17, 15) is 0 Å². The lowest BCUT2D eigenvalue weighted by Crippen LogP contribution is -2.19. The minimum absolute atomic E-state index is 0.782. The van der Waals surface area contributed by atoms with Crippen LogP contribution < -0.4 is 24.8 Å². The molecule has 0 fully saturated rings. The molecule has 0 radical (unpaired) electrons. The van der Waals surface area contributed by atoms with Crippen LogP contribution in [-0.4, -0.2) is 47.5 Å². The zero-order valence-corrected chi connectivity index (χ0v) is 23.3. The van der Waals surface area contributed by atoms with E-state index in [-0.39, 0.29) is 0 Å². The quantitative estimate of drug-likeness (QED) is 0.165. The van der Waals surface area contributed by atoms with Crippen LogP contribution in [0, 0.1) is 0 Å². The van der Waals surface area contributed by atoms with Crippen molar-refractivity contribution in [2.45, 2.75) is 38.5 Å². The van der Waals surface area contributed by atoms with Crippen LogP contribution in [0.3, 0.4) is 0 Å². The highest BCUT2D eigenvalue weighted by atomic mass is 16.5. The first kappa shape index (κ1) is 29.3. The molecule has 0 saturated carbocycles. The summed E-state index contributed by atoms with van der Waals surface area (Å²) in [5.74, 6) is 2.51. The van der Waals surface area contributed by atoms with Crippen LogP contribution in [0.2, 0.25) is 0 Å². The molecule has 3 aromatic rings. The Kier molecular flexibility index (Phi) is 13.3. The van der Waals surface area contributed by atoms with E-state index in [1.165, 1.54) is 22.3 Å². The molecule has 0 spiro atoms. The van der Waals surface area contributed by atoms with Crippen molar-refractivity contribution in [1.29, 1.82) is 0 Å². The van der Waals surface area contributed by atoms with Crippen LogP contribution in [0.1, 0.15) is 35.1 Å². The fourth-order valence-corrected chi connectivity index (χ4v) is 4.59. The number of benzene rings is 3. The van der Waals surface area contributed by atoms with Crippen LogP contribution in [0.25, 0.3) is 0 Å². The summed E-state index contributed by atoms with van der Waals surface area (Å²) < 4.78 is 16.8. The molecular weight excluding hydrogens is 472 g/mol. The van der Waals surface area contributed by atoms with Gasteiger partial charge in [-0.15, -0.1) is 0 Å². The number of hydrogen-bond acceptors (Lipinski definition) is 5. The summed E-state index contributed by atoms with van der Waals surface area (Å²) in [7, 11) is 5.12. The molecule has 3 rings (SSSR count). The predicted molar refractivity (Wildman–Crippen MR) is 158 cm³/mol. The number of rotatable bonds is 18. The Labute approximate surface area is 229 Å². The lowest BCUT2D eigenvalue weighted by atomic mass is 9.96. The van der Waals surface area contributed by atoms with Gasteiger partial charge in [-0.3, -0.25) is 0 Å². The average Bonchev–Trinajstić information content (AvgIpc) is 2.97. The van der Waals surface area contributed by atoms with Gasteiger partial charge in [0.15, 0.2) is 11.5 Å². The van der Waals surface area contributed by atoms with Gasteiger partial charge in [-0.05, 0) is 99.6 Å². The van der Waals surface area contributed by atoms with Gasteiger partial charge in [0.2, 0.25) is 0 Å². The number of nitrogens with one attached hydrogen (secondary N) is 2. The predicted octanol–water partition coefficient (Wildman–Crippen LogP) is 5.80. The molecule has 38 heavy (non-hydrogen) atoms. The Bertz CT molecular complexity index is 1100. The van der Waals surface area contributed by atoms with E-state index < -0.39 is 0 Å². The average molecular weight is 517 g/mol. The van der Waals surface area contributed by atoms with E-state index >= 15 is 0 Å². The molecule has 0 aliphatic carbocycles. The molecule has 5 heteroatoms. The van der Waals surface area contributed by atoms with Crippen molar-refractivity contribution in [3.05, 3.63) is 101 Å². The van der Waals surface area contributed by atoms with Gasteiger partial charge in [0.25, 0.3) is 0 Å². The third-order valence-corrected chi connectivity index (χ3v) is 6.69. The third kappa shape index (κ3) is 9.88. The van der Waals surface area contributed by atoms with Crippen molar-refractivity contribution in [2.75, 3.05) is 47.5 Å². The summed E-state index contributed by atoms with van der Waals surface area (Å²) in [6.45, 7) is 3.95. The molecule has 204 valence electrons. The Balaban J connectivity index is 1.38. The number of methoxy groups -OCH3 is 3. The van der Waals surface area contributed by atoms with Gasteiger partial charge in [0.1, 0.15) is 5.75 Å². The fraction of sp³-hybridized carbons (Fsp3) is 0.394. The van der Waals surface area contributed by atoms with E-state index in [0.717, 1.165) is 82.0 Å². The Morgan fingerprint density at radius 2 is 1.32 bits per heavy atom. The molecule has 0 bridgehead atoms. The maximum Gasteiger partial charge on any atom is 0.164 e. The first-order valence-corrected chi connectivity index (χ1v) is 13.7. The zero-order chi connectivity index (χ0) is 26.8. The molecule has 0 heterocycles. The highest BCUT2D eigenvalue weighted by Gasteiger charge is 2.15. The zero-order valence-electron chi connectivity index (χ0n) is 23.3. The second-order valence-electron chi connectivity index (χ2n) is 9.32. The largest absolute Gasteiger partial charge is 0.497 e. The van der Waals surface area contributed by atoms with E-state index in [1.807, 2.05) is 18.2 Å². The standard InChI is InChI=1S/C33H44N2O3/c1-36-30-15-11-14-28(26-30)16-18-31-29(17-19-32(37-2)33(31)38-3)21-25-35-23-10-5-4-9-22-34-24-20-27-12-7-6-8-13-27/h4-8,11-15,17,19,26,34-35H,9-10,16,18,20-25H2,1-3H3. The normalized spacial score (nSPS) is 11.1. The van der Waals surface area contributed by atoms with Crippen molar-refractivity contribution in [3.63, 3.8) is 0 Å². The van der Waals surface area contributed by atoms with E-state index in [4.69, 9.17) is 14.2 Å². The van der Waals surface area contributed by atoms with E-state index in [2.05, 4.69) is 71.3 Å². The van der Waals surface area contributed by atoms with Crippen molar-refractivity contribution in [3.8, 4) is 17.2 Å². The molecular formula is C33H44N2O3. The molecule has 0 unspecified atom stereocenters. The minimum Gasteiger partial charge on any atom is -0.497 e.